The molecule has 7 heteroatoms. The van der Waals surface area contributed by atoms with Crippen molar-refractivity contribution in [1.82, 2.24) is 10.2 Å². The molecule has 2 aromatic rings. The number of halogens is 2. The monoisotopic (exact) mass is 391 g/mol. The minimum atomic E-state index is -0.413. The zero-order valence-electron chi connectivity index (χ0n) is 15.4. The molecule has 2 N–H and O–H groups in total. The predicted octanol–water partition coefficient (Wildman–Crippen LogP) is 3.23. The van der Waals surface area contributed by atoms with E-state index in [0.717, 1.165) is 17.7 Å². The second kappa shape index (κ2) is 10.0. The van der Waals surface area contributed by atoms with Crippen LogP contribution in [-0.2, 0) is 22.6 Å². The van der Waals surface area contributed by atoms with E-state index in [9.17, 15) is 14.0 Å². The normalized spacial score (nSPS) is 10.7. The van der Waals surface area contributed by atoms with E-state index in [0.29, 0.717) is 10.6 Å². The van der Waals surface area contributed by atoms with Gasteiger partial charge in [-0.3, -0.25) is 14.5 Å². The highest BCUT2D eigenvalue weighted by Crippen LogP contribution is 2.20. The van der Waals surface area contributed by atoms with Gasteiger partial charge >= 0.3 is 0 Å². The first-order valence-electron chi connectivity index (χ1n) is 8.66. The van der Waals surface area contributed by atoms with Gasteiger partial charge in [0, 0.05) is 22.8 Å². The van der Waals surface area contributed by atoms with Gasteiger partial charge in [-0.15, -0.1) is 0 Å². The highest BCUT2D eigenvalue weighted by molar-refractivity contribution is 6.31. The largest absolute Gasteiger partial charge is 0.346 e. The molecular weight excluding hydrogens is 369 g/mol. The summed E-state index contributed by atoms with van der Waals surface area (Å²) in [7, 11) is 1.68. The topological polar surface area (TPSA) is 61.4 Å². The van der Waals surface area contributed by atoms with Gasteiger partial charge in [0.2, 0.25) is 11.8 Å². The Hall–Kier alpha value is -2.44. The maximum Gasteiger partial charge on any atom is 0.243 e. The van der Waals surface area contributed by atoms with Crippen LogP contribution in [0.3, 0.4) is 0 Å². The van der Waals surface area contributed by atoms with E-state index in [1.807, 2.05) is 31.2 Å². The lowest BCUT2D eigenvalue weighted by Gasteiger charge is -2.17. The average Bonchev–Trinajstić information content (AvgIpc) is 2.63. The highest BCUT2D eigenvalue weighted by atomic mass is 35.5. The van der Waals surface area contributed by atoms with Crippen molar-refractivity contribution >= 4 is 29.1 Å². The Balaban J connectivity index is 1.80. The van der Waals surface area contributed by atoms with E-state index < -0.39 is 5.82 Å². The lowest BCUT2D eigenvalue weighted by molar-refractivity contribution is -0.124. The summed E-state index contributed by atoms with van der Waals surface area (Å²) in [5, 5.41) is 5.67. The van der Waals surface area contributed by atoms with Gasteiger partial charge in [0.1, 0.15) is 5.82 Å². The first-order valence-corrected chi connectivity index (χ1v) is 9.04. The summed E-state index contributed by atoms with van der Waals surface area (Å²) in [5.74, 6) is -1.04. The average molecular weight is 392 g/mol. The number of hydrogen-bond donors (Lipinski definition) is 2. The van der Waals surface area contributed by atoms with Crippen LogP contribution < -0.4 is 10.6 Å². The van der Waals surface area contributed by atoms with Crippen LogP contribution in [-0.4, -0.2) is 36.9 Å². The van der Waals surface area contributed by atoms with Crippen LogP contribution in [0.25, 0.3) is 0 Å². The number of para-hydroxylation sites is 1. The molecular formula is C20H23ClFN3O2. The Bertz CT molecular complexity index is 793. The zero-order chi connectivity index (χ0) is 19.8. The van der Waals surface area contributed by atoms with E-state index in [1.165, 1.54) is 12.1 Å². The first-order chi connectivity index (χ1) is 12.9. The van der Waals surface area contributed by atoms with Crippen LogP contribution in [0.15, 0.2) is 42.5 Å². The fraction of sp³-hybridized carbons (Fsp3) is 0.300. The molecule has 0 aliphatic carbocycles. The van der Waals surface area contributed by atoms with Gasteiger partial charge in [0.05, 0.1) is 13.1 Å². The number of benzene rings is 2. The van der Waals surface area contributed by atoms with Crippen molar-refractivity contribution in [3.63, 3.8) is 0 Å². The van der Waals surface area contributed by atoms with Crippen molar-refractivity contribution in [3.8, 4) is 0 Å². The van der Waals surface area contributed by atoms with Gasteiger partial charge in [-0.1, -0.05) is 42.8 Å². The molecule has 2 aromatic carbocycles. The molecule has 0 radical (unpaired) electrons. The number of carbonyl (C=O) groups is 2. The number of carbonyl (C=O) groups excluding carboxylic acids is 2. The van der Waals surface area contributed by atoms with Crippen LogP contribution in [0, 0.1) is 5.82 Å². The number of aryl methyl sites for hydroxylation is 1. The Labute approximate surface area is 163 Å². The Kier molecular flexibility index (Phi) is 7.76. The summed E-state index contributed by atoms with van der Waals surface area (Å²) in [6.45, 7) is 2.08. The van der Waals surface area contributed by atoms with Crippen LogP contribution in [0.5, 0.6) is 0 Å². The third-order valence-electron chi connectivity index (χ3n) is 4.02. The molecule has 0 aromatic heterocycles. The van der Waals surface area contributed by atoms with Gasteiger partial charge in [0.15, 0.2) is 0 Å². The van der Waals surface area contributed by atoms with Gasteiger partial charge < -0.3 is 10.6 Å². The van der Waals surface area contributed by atoms with E-state index in [-0.39, 0.29) is 31.4 Å². The number of rotatable bonds is 8. The fourth-order valence-corrected chi connectivity index (χ4v) is 2.86. The van der Waals surface area contributed by atoms with Crippen molar-refractivity contribution in [2.45, 2.75) is 19.9 Å². The number of likely N-dealkylation sites (N-methyl/N-ethyl adjacent to an activating group) is 1. The molecule has 0 unspecified atom stereocenters. The smallest absolute Gasteiger partial charge is 0.243 e. The Morgan fingerprint density at radius 1 is 1.11 bits per heavy atom. The number of nitrogens with zero attached hydrogens (tertiary/aromatic N) is 1. The molecule has 27 heavy (non-hydrogen) atoms. The lowest BCUT2D eigenvalue weighted by Crippen LogP contribution is -2.39. The van der Waals surface area contributed by atoms with Crippen molar-refractivity contribution < 1.29 is 14.0 Å². The third kappa shape index (κ3) is 6.34. The van der Waals surface area contributed by atoms with Crippen LogP contribution in [0.2, 0.25) is 5.02 Å². The first kappa shape index (κ1) is 20.9. The molecule has 2 rings (SSSR count). The summed E-state index contributed by atoms with van der Waals surface area (Å²) in [4.78, 5) is 25.7. The number of hydrogen-bond acceptors (Lipinski definition) is 3. The molecule has 0 saturated heterocycles. The van der Waals surface area contributed by atoms with Gasteiger partial charge in [-0.2, -0.15) is 0 Å². The second-order valence-corrected chi connectivity index (χ2v) is 6.62. The zero-order valence-corrected chi connectivity index (χ0v) is 16.1. The van der Waals surface area contributed by atoms with E-state index in [2.05, 4.69) is 10.6 Å². The molecule has 0 fully saturated rings. The van der Waals surface area contributed by atoms with Crippen molar-refractivity contribution in [2.75, 3.05) is 25.5 Å². The van der Waals surface area contributed by atoms with Crippen molar-refractivity contribution in [2.24, 2.45) is 0 Å². The fourth-order valence-electron chi connectivity index (χ4n) is 2.63. The molecule has 0 spiro atoms. The molecule has 0 atom stereocenters. The summed E-state index contributed by atoms with van der Waals surface area (Å²) in [5.41, 5.74) is 2.10. The molecule has 0 aliphatic rings. The molecule has 5 nitrogen and oxygen atoms in total. The maximum atomic E-state index is 13.8. The van der Waals surface area contributed by atoms with E-state index in [1.54, 1.807) is 18.0 Å². The van der Waals surface area contributed by atoms with Crippen LogP contribution in [0.1, 0.15) is 18.1 Å². The van der Waals surface area contributed by atoms with Crippen molar-refractivity contribution in [3.05, 3.63) is 64.4 Å². The van der Waals surface area contributed by atoms with Crippen LogP contribution >= 0.6 is 11.6 Å². The van der Waals surface area contributed by atoms with Crippen LogP contribution in [0.4, 0.5) is 10.1 Å². The number of amides is 2. The SMILES string of the molecule is CCc1ccccc1NC(=O)CNC(=O)CN(C)Cc1c(F)cccc1Cl. The Morgan fingerprint density at radius 2 is 1.85 bits per heavy atom. The van der Waals surface area contributed by atoms with E-state index >= 15 is 0 Å². The predicted molar refractivity (Wildman–Crippen MR) is 105 cm³/mol. The summed E-state index contributed by atoms with van der Waals surface area (Å²) < 4.78 is 13.8. The molecule has 2 amide bonds. The van der Waals surface area contributed by atoms with E-state index in [4.69, 9.17) is 11.6 Å². The van der Waals surface area contributed by atoms with Gasteiger partial charge in [0.25, 0.3) is 0 Å². The maximum absolute atomic E-state index is 13.8. The standard InChI is InChI=1S/C20H23ClFN3O2/c1-3-14-7-4-5-10-18(14)24-19(26)11-23-20(27)13-25(2)12-15-16(21)8-6-9-17(15)22/h4-10H,3,11-13H2,1-2H3,(H,23,27)(H,24,26). The lowest BCUT2D eigenvalue weighted by atomic mass is 10.1. The molecule has 0 saturated carbocycles. The summed E-state index contributed by atoms with van der Waals surface area (Å²) in [6.07, 6.45) is 0.798. The molecule has 144 valence electrons. The van der Waals surface area contributed by atoms with Gasteiger partial charge in [-0.05, 0) is 37.2 Å². The second-order valence-electron chi connectivity index (χ2n) is 6.21. The summed E-state index contributed by atoms with van der Waals surface area (Å²) in [6, 6.07) is 12.0. The number of anilines is 1. The quantitative estimate of drug-likeness (QED) is 0.726. The minimum absolute atomic E-state index is 0.0174. The Morgan fingerprint density at radius 3 is 2.56 bits per heavy atom. The highest BCUT2D eigenvalue weighted by Gasteiger charge is 2.13. The molecule has 0 heterocycles. The molecule has 0 aliphatic heterocycles. The summed E-state index contributed by atoms with van der Waals surface area (Å²) >= 11 is 5.99. The molecule has 0 bridgehead atoms. The van der Waals surface area contributed by atoms with Gasteiger partial charge in [-0.25, -0.2) is 4.39 Å². The third-order valence-corrected chi connectivity index (χ3v) is 4.38. The minimum Gasteiger partial charge on any atom is -0.346 e. The van der Waals surface area contributed by atoms with Crippen molar-refractivity contribution in [1.29, 1.82) is 0 Å². The number of nitrogens with one attached hydrogen (secondary N) is 2.